The Balaban J connectivity index is 1.68. The third-order valence-electron chi connectivity index (χ3n) is 3.94. The second-order valence-electron chi connectivity index (χ2n) is 6.91. The van der Waals surface area contributed by atoms with E-state index >= 15 is 0 Å². The monoisotopic (exact) mass is 386 g/mol. The van der Waals surface area contributed by atoms with Crippen molar-refractivity contribution in [3.8, 4) is 0 Å². The number of thiazole rings is 1. The van der Waals surface area contributed by atoms with Crippen molar-refractivity contribution in [2.75, 3.05) is 11.9 Å². The number of rotatable bonds is 6. The van der Waals surface area contributed by atoms with Crippen LogP contribution >= 0.6 is 11.3 Å². The van der Waals surface area contributed by atoms with Gasteiger partial charge in [-0.3, -0.25) is 4.79 Å². The molecule has 1 N–H and O–H groups in total. The zero-order valence-corrected chi connectivity index (χ0v) is 16.6. The maximum Gasteiger partial charge on any atom is 0.350 e. The molecule has 1 aromatic carbocycles. The predicted octanol–water partition coefficient (Wildman–Crippen LogP) is 4.50. The molecule has 0 radical (unpaired) electrons. The van der Waals surface area contributed by atoms with Crippen LogP contribution in [0.15, 0.2) is 28.9 Å². The highest BCUT2D eigenvalue weighted by Crippen LogP contribution is 2.25. The number of aryl methyl sites for hydroxylation is 2. The third kappa shape index (κ3) is 4.54. The first-order chi connectivity index (χ1) is 12.8. The van der Waals surface area contributed by atoms with E-state index in [4.69, 9.17) is 9.15 Å². The summed E-state index contributed by atoms with van der Waals surface area (Å²) in [5, 5.41) is 4.08. The molecule has 3 aromatic rings. The van der Waals surface area contributed by atoms with Crippen molar-refractivity contribution in [2.24, 2.45) is 5.92 Å². The number of carbonyl (C=O) groups excluding carboxylic acids is 2. The summed E-state index contributed by atoms with van der Waals surface area (Å²) in [5.41, 5.74) is 3.22. The lowest BCUT2D eigenvalue weighted by Gasteiger charge is -2.05. The van der Waals surface area contributed by atoms with E-state index in [9.17, 15) is 9.59 Å². The number of aromatic nitrogens is 1. The second-order valence-corrected chi connectivity index (χ2v) is 7.91. The topological polar surface area (TPSA) is 81.4 Å². The molecule has 0 atom stereocenters. The number of furan rings is 1. The molecule has 0 unspecified atom stereocenters. The Morgan fingerprint density at radius 1 is 1.30 bits per heavy atom. The van der Waals surface area contributed by atoms with E-state index in [1.807, 2.05) is 39.0 Å². The second kappa shape index (κ2) is 7.92. The lowest BCUT2D eigenvalue weighted by molar-refractivity contribution is -0.115. The Morgan fingerprint density at radius 2 is 2.07 bits per heavy atom. The molecule has 7 heteroatoms. The summed E-state index contributed by atoms with van der Waals surface area (Å²) in [5.74, 6) is -0.361. The summed E-state index contributed by atoms with van der Waals surface area (Å²) >= 11 is 1.13. The minimum atomic E-state index is -0.407. The number of hydrogen-bond donors (Lipinski definition) is 1. The number of hydrogen-bond acceptors (Lipinski definition) is 6. The van der Waals surface area contributed by atoms with Gasteiger partial charge < -0.3 is 14.5 Å². The maximum absolute atomic E-state index is 12.4. The van der Waals surface area contributed by atoms with Crippen LogP contribution in [-0.2, 0) is 16.0 Å². The Hall–Kier alpha value is -2.67. The molecule has 2 aromatic heterocycles. The number of anilines is 1. The zero-order chi connectivity index (χ0) is 19.6. The fourth-order valence-electron chi connectivity index (χ4n) is 2.62. The zero-order valence-electron chi connectivity index (χ0n) is 15.8. The van der Waals surface area contributed by atoms with Gasteiger partial charge in [0.05, 0.1) is 25.0 Å². The first-order valence-electron chi connectivity index (χ1n) is 8.74. The third-order valence-corrected chi connectivity index (χ3v) is 4.99. The van der Waals surface area contributed by atoms with Crippen LogP contribution in [0.2, 0.25) is 0 Å². The summed E-state index contributed by atoms with van der Waals surface area (Å²) in [6.07, 6.45) is 1.77. The van der Waals surface area contributed by atoms with Crippen molar-refractivity contribution in [3.63, 3.8) is 0 Å². The van der Waals surface area contributed by atoms with Crippen LogP contribution in [0.4, 0.5) is 5.13 Å². The van der Waals surface area contributed by atoms with Crippen LogP contribution in [-0.4, -0.2) is 23.5 Å². The lowest BCUT2D eigenvalue weighted by atomic mass is 10.1. The maximum atomic E-state index is 12.4. The summed E-state index contributed by atoms with van der Waals surface area (Å²) in [6.45, 7) is 8.02. The van der Waals surface area contributed by atoms with Gasteiger partial charge >= 0.3 is 5.97 Å². The average molecular weight is 386 g/mol. The van der Waals surface area contributed by atoms with E-state index in [0.29, 0.717) is 22.3 Å². The molecule has 0 saturated heterocycles. The van der Waals surface area contributed by atoms with Crippen molar-refractivity contribution in [1.29, 1.82) is 0 Å². The number of esters is 1. The van der Waals surface area contributed by atoms with E-state index in [-0.39, 0.29) is 18.2 Å². The quantitative estimate of drug-likeness (QED) is 0.631. The first-order valence-corrected chi connectivity index (χ1v) is 9.56. The standard InChI is InChI=1S/C20H22N2O4S/c1-11(2)9-26-19(24)18-13(4)21-20(27-18)22-17(23)8-14-10-25-16-6-5-12(3)7-15(14)16/h5-7,10-11H,8-9H2,1-4H3,(H,21,22,23). The molecule has 0 aliphatic carbocycles. The van der Waals surface area contributed by atoms with Crippen molar-refractivity contribution in [3.05, 3.63) is 46.2 Å². The molecule has 0 spiro atoms. The van der Waals surface area contributed by atoms with Crippen LogP contribution in [0.1, 0.15) is 40.3 Å². The van der Waals surface area contributed by atoms with Crippen LogP contribution in [0.3, 0.4) is 0 Å². The Labute approximate surface area is 161 Å². The van der Waals surface area contributed by atoms with Crippen molar-refractivity contribution < 1.29 is 18.7 Å². The Kier molecular flexibility index (Phi) is 5.60. The van der Waals surface area contributed by atoms with E-state index in [2.05, 4.69) is 10.3 Å². The van der Waals surface area contributed by atoms with Gasteiger partial charge in [0.25, 0.3) is 0 Å². The molecular formula is C20H22N2O4S. The number of carbonyl (C=O) groups is 2. The van der Waals surface area contributed by atoms with Gasteiger partial charge in [-0.1, -0.05) is 36.8 Å². The SMILES string of the molecule is Cc1ccc2occ(CC(=O)Nc3nc(C)c(C(=O)OCC(C)C)s3)c2c1. The number of nitrogens with zero attached hydrogens (tertiary/aromatic N) is 1. The van der Waals surface area contributed by atoms with Crippen LogP contribution < -0.4 is 5.32 Å². The highest BCUT2D eigenvalue weighted by Gasteiger charge is 2.19. The Morgan fingerprint density at radius 3 is 2.81 bits per heavy atom. The molecule has 27 heavy (non-hydrogen) atoms. The van der Waals surface area contributed by atoms with Gasteiger partial charge in [0.2, 0.25) is 5.91 Å². The minimum Gasteiger partial charge on any atom is -0.464 e. The summed E-state index contributed by atoms with van der Waals surface area (Å²) in [7, 11) is 0. The highest BCUT2D eigenvalue weighted by molar-refractivity contribution is 7.17. The summed E-state index contributed by atoms with van der Waals surface area (Å²) in [4.78, 5) is 29.2. The predicted molar refractivity (Wildman–Crippen MR) is 105 cm³/mol. The highest BCUT2D eigenvalue weighted by atomic mass is 32.1. The van der Waals surface area contributed by atoms with Gasteiger partial charge in [-0.05, 0) is 31.9 Å². The molecule has 0 bridgehead atoms. The first kappa shape index (κ1) is 19.1. The lowest BCUT2D eigenvalue weighted by Crippen LogP contribution is -2.14. The molecule has 142 valence electrons. The van der Waals surface area contributed by atoms with E-state index < -0.39 is 5.97 Å². The largest absolute Gasteiger partial charge is 0.464 e. The molecule has 0 aliphatic heterocycles. The van der Waals surface area contributed by atoms with Gasteiger partial charge in [-0.2, -0.15) is 0 Å². The molecule has 6 nitrogen and oxygen atoms in total. The van der Waals surface area contributed by atoms with Gasteiger partial charge in [-0.25, -0.2) is 9.78 Å². The number of amides is 1. The number of benzene rings is 1. The molecule has 1 amide bonds. The fraction of sp³-hybridized carbons (Fsp3) is 0.350. The van der Waals surface area contributed by atoms with Crippen molar-refractivity contribution >= 4 is 39.3 Å². The molecule has 0 saturated carbocycles. The van der Waals surface area contributed by atoms with Crippen molar-refractivity contribution in [1.82, 2.24) is 4.98 Å². The van der Waals surface area contributed by atoms with Gasteiger partial charge in [0, 0.05) is 10.9 Å². The molecule has 0 fully saturated rings. The Bertz CT molecular complexity index is 987. The van der Waals surface area contributed by atoms with Gasteiger partial charge in [0.15, 0.2) is 5.13 Å². The smallest absolute Gasteiger partial charge is 0.350 e. The summed E-state index contributed by atoms with van der Waals surface area (Å²) in [6, 6.07) is 5.86. The summed E-state index contributed by atoms with van der Waals surface area (Å²) < 4.78 is 10.7. The van der Waals surface area contributed by atoms with Gasteiger partial charge in [0.1, 0.15) is 10.5 Å². The fourth-order valence-corrected chi connectivity index (χ4v) is 3.49. The molecule has 0 aliphatic rings. The number of nitrogens with one attached hydrogen (secondary N) is 1. The minimum absolute atomic E-state index is 0.169. The van der Waals surface area contributed by atoms with E-state index in [1.54, 1.807) is 13.2 Å². The number of fused-ring (bicyclic) bond motifs is 1. The molecule has 3 rings (SSSR count). The molecular weight excluding hydrogens is 364 g/mol. The average Bonchev–Trinajstić information content (AvgIpc) is 3.16. The van der Waals surface area contributed by atoms with Crippen LogP contribution in [0.5, 0.6) is 0 Å². The van der Waals surface area contributed by atoms with Crippen molar-refractivity contribution in [2.45, 2.75) is 34.1 Å². The normalized spacial score (nSPS) is 11.1. The number of ether oxygens (including phenoxy) is 1. The van der Waals surface area contributed by atoms with Crippen LogP contribution in [0, 0.1) is 19.8 Å². The van der Waals surface area contributed by atoms with Gasteiger partial charge in [-0.15, -0.1) is 0 Å². The van der Waals surface area contributed by atoms with E-state index in [0.717, 1.165) is 33.4 Å². The molecule has 2 heterocycles. The van der Waals surface area contributed by atoms with Crippen LogP contribution in [0.25, 0.3) is 11.0 Å². The van der Waals surface area contributed by atoms with E-state index in [1.165, 1.54) is 0 Å².